The second kappa shape index (κ2) is 9.01. The number of methoxy groups -OCH3 is 1. The van der Waals surface area contributed by atoms with Crippen molar-refractivity contribution in [2.24, 2.45) is 11.8 Å². The molecule has 1 N–H and O–H groups in total. The van der Waals surface area contributed by atoms with Crippen molar-refractivity contribution >= 4 is 12.0 Å². The van der Waals surface area contributed by atoms with Crippen molar-refractivity contribution < 1.29 is 14.3 Å². The first-order valence-electron chi connectivity index (χ1n) is 8.78. The van der Waals surface area contributed by atoms with Crippen LogP contribution in [0.3, 0.4) is 0 Å². The summed E-state index contributed by atoms with van der Waals surface area (Å²) in [5.74, 6) is 1.45. The lowest BCUT2D eigenvalue weighted by Crippen LogP contribution is -2.41. The van der Waals surface area contributed by atoms with Gasteiger partial charge in [0.25, 0.3) is 0 Å². The van der Waals surface area contributed by atoms with Gasteiger partial charge in [-0.25, -0.2) is 4.79 Å². The number of carbonyl (C=O) groups is 2. The van der Waals surface area contributed by atoms with Crippen LogP contribution in [0.4, 0.5) is 4.79 Å². The minimum absolute atomic E-state index is 0.195. The number of ether oxygens (including phenoxy) is 1. The van der Waals surface area contributed by atoms with Crippen molar-refractivity contribution in [3.8, 4) is 0 Å². The Balaban J connectivity index is 1.56. The first-order valence-corrected chi connectivity index (χ1v) is 8.78. The molecule has 1 saturated carbocycles. The number of amides is 2. The minimum atomic E-state index is -0.241. The third-order valence-corrected chi connectivity index (χ3v) is 5.14. The van der Waals surface area contributed by atoms with Gasteiger partial charge in [-0.15, -0.1) is 0 Å². The highest BCUT2D eigenvalue weighted by Crippen LogP contribution is 2.27. The standard InChI is InChI=1S/C17H30N2O3/c1-22-17(21)19-11-9-15(10-12-19)13-18-16(20)8-7-14-5-3-2-4-6-14/h14-15H,2-13H2,1H3,(H,18,20). The van der Waals surface area contributed by atoms with E-state index in [1.54, 1.807) is 4.90 Å². The van der Waals surface area contributed by atoms with Gasteiger partial charge in [-0.3, -0.25) is 4.79 Å². The molecule has 1 saturated heterocycles. The van der Waals surface area contributed by atoms with E-state index in [1.165, 1.54) is 39.2 Å². The highest BCUT2D eigenvalue weighted by molar-refractivity contribution is 5.75. The van der Waals surface area contributed by atoms with Crippen LogP contribution < -0.4 is 5.32 Å². The predicted octanol–water partition coefficient (Wildman–Crippen LogP) is 2.94. The molecule has 2 aliphatic rings. The molecule has 1 aliphatic heterocycles. The lowest BCUT2D eigenvalue weighted by Gasteiger charge is -2.31. The molecule has 2 rings (SSSR count). The average Bonchev–Trinajstić information content (AvgIpc) is 2.58. The molecule has 0 aromatic carbocycles. The summed E-state index contributed by atoms with van der Waals surface area (Å²) in [4.78, 5) is 25.1. The minimum Gasteiger partial charge on any atom is -0.453 e. The summed E-state index contributed by atoms with van der Waals surface area (Å²) in [5, 5.41) is 3.08. The Hall–Kier alpha value is -1.26. The van der Waals surface area contributed by atoms with Crippen LogP contribution in [-0.4, -0.2) is 43.6 Å². The predicted molar refractivity (Wildman–Crippen MR) is 85.5 cm³/mol. The van der Waals surface area contributed by atoms with Crippen molar-refractivity contribution in [2.75, 3.05) is 26.7 Å². The molecule has 5 nitrogen and oxygen atoms in total. The maximum Gasteiger partial charge on any atom is 0.409 e. The summed E-state index contributed by atoms with van der Waals surface area (Å²) < 4.78 is 4.73. The van der Waals surface area contributed by atoms with Gasteiger partial charge < -0.3 is 15.0 Å². The fraction of sp³-hybridized carbons (Fsp3) is 0.882. The summed E-state index contributed by atoms with van der Waals surface area (Å²) in [6.45, 7) is 2.21. The van der Waals surface area contributed by atoms with Crippen molar-refractivity contribution in [2.45, 2.75) is 57.8 Å². The maximum absolute atomic E-state index is 12.0. The average molecular weight is 310 g/mol. The van der Waals surface area contributed by atoms with Gasteiger partial charge >= 0.3 is 6.09 Å². The Bertz CT molecular complexity index is 359. The second-order valence-corrected chi connectivity index (χ2v) is 6.75. The molecule has 5 heteroatoms. The van der Waals surface area contributed by atoms with Crippen LogP contribution in [0.1, 0.15) is 57.8 Å². The summed E-state index contributed by atoms with van der Waals surface area (Å²) in [7, 11) is 1.42. The Labute approximate surface area is 133 Å². The molecule has 1 aliphatic carbocycles. The number of likely N-dealkylation sites (tertiary alicyclic amines) is 1. The van der Waals surface area contributed by atoms with E-state index in [1.807, 2.05) is 0 Å². The van der Waals surface area contributed by atoms with Gasteiger partial charge in [0.15, 0.2) is 0 Å². The fourth-order valence-corrected chi connectivity index (χ4v) is 3.61. The molecular weight excluding hydrogens is 280 g/mol. The van der Waals surface area contributed by atoms with Gasteiger partial charge in [0.05, 0.1) is 7.11 Å². The Morgan fingerprint density at radius 1 is 1.05 bits per heavy atom. The normalized spacial score (nSPS) is 20.7. The van der Waals surface area contributed by atoms with Crippen molar-refractivity contribution in [3.63, 3.8) is 0 Å². The molecule has 2 amide bonds. The molecule has 0 aromatic rings. The van der Waals surface area contributed by atoms with Crippen LogP contribution in [0, 0.1) is 11.8 Å². The van der Waals surface area contributed by atoms with Crippen molar-refractivity contribution in [1.29, 1.82) is 0 Å². The summed E-state index contributed by atoms with van der Waals surface area (Å²) >= 11 is 0. The zero-order chi connectivity index (χ0) is 15.8. The van der Waals surface area contributed by atoms with E-state index in [4.69, 9.17) is 4.74 Å². The van der Waals surface area contributed by atoms with Crippen molar-refractivity contribution in [1.82, 2.24) is 10.2 Å². The number of nitrogens with zero attached hydrogens (tertiary/aromatic N) is 1. The molecule has 1 heterocycles. The van der Waals surface area contributed by atoms with E-state index in [2.05, 4.69) is 5.32 Å². The van der Waals surface area contributed by atoms with Gasteiger partial charge in [-0.05, 0) is 31.1 Å². The molecule has 126 valence electrons. The lowest BCUT2D eigenvalue weighted by molar-refractivity contribution is -0.121. The number of rotatable bonds is 5. The van der Waals surface area contributed by atoms with Gasteiger partial charge in [0.1, 0.15) is 0 Å². The Morgan fingerprint density at radius 2 is 1.73 bits per heavy atom. The summed E-state index contributed by atoms with van der Waals surface area (Å²) in [6, 6.07) is 0. The number of piperidine rings is 1. The first kappa shape index (κ1) is 17.1. The highest BCUT2D eigenvalue weighted by atomic mass is 16.5. The first-order chi connectivity index (χ1) is 10.7. The Morgan fingerprint density at radius 3 is 2.36 bits per heavy atom. The van der Waals surface area contributed by atoms with Crippen LogP contribution >= 0.6 is 0 Å². The molecule has 0 aromatic heterocycles. The van der Waals surface area contributed by atoms with Crippen LogP contribution in [-0.2, 0) is 9.53 Å². The molecule has 0 radical (unpaired) electrons. The molecule has 2 fully saturated rings. The summed E-state index contributed by atoms with van der Waals surface area (Å²) in [6.07, 6.45) is 10.0. The SMILES string of the molecule is COC(=O)N1CCC(CNC(=O)CCC2CCCCC2)CC1. The topological polar surface area (TPSA) is 58.6 Å². The maximum atomic E-state index is 12.0. The molecule has 0 unspecified atom stereocenters. The van der Waals surface area contributed by atoms with Gasteiger partial charge in [-0.1, -0.05) is 32.1 Å². The lowest BCUT2D eigenvalue weighted by atomic mass is 9.86. The smallest absolute Gasteiger partial charge is 0.409 e. The number of hydrogen-bond acceptors (Lipinski definition) is 3. The number of hydrogen-bond donors (Lipinski definition) is 1. The van der Waals surface area contributed by atoms with Crippen LogP contribution in [0.25, 0.3) is 0 Å². The molecule has 22 heavy (non-hydrogen) atoms. The van der Waals surface area contributed by atoms with E-state index in [0.29, 0.717) is 12.3 Å². The van der Waals surface area contributed by atoms with Crippen LogP contribution in [0.2, 0.25) is 0 Å². The number of nitrogens with one attached hydrogen (secondary N) is 1. The van der Waals surface area contributed by atoms with E-state index >= 15 is 0 Å². The molecule has 0 bridgehead atoms. The van der Waals surface area contributed by atoms with Crippen LogP contribution in [0.15, 0.2) is 0 Å². The summed E-state index contributed by atoms with van der Waals surface area (Å²) in [5.41, 5.74) is 0. The van der Waals surface area contributed by atoms with E-state index < -0.39 is 0 Å². The number of carbonyl (C=O) groups excluding carboxylic acids is 2. The fourth-order valence-electron chi connectivity index (χ4n) is 3.61. The molecule has 0 spiro atoms. The van der Waals surface area contributed by atoms with E-state index in [9.17, 15) is 9.59 Å². The molecular formula is C17H30N2O3. The zero-order valence-electron chi connectivity index (χ0n) is 13.8. The van der Waals surface area contributed by atoms with Gasteiger partial charge in [0, 0.05) is 26.1 Å². The largest absolute Gasteiger partial charge is 0.453 e. The highest BCUT2D eigenvalue weighted by Gasteiger charge is 2.23. The third-order valence-electron chi connectivity index (χ3n) is 5.14. The van der Waals surface area contributed by atoms with Crippen LogP contribution in [0.5, 0.6) is 0 Å². The third kappa shape index (κ3) is 5.50. The van der Waals surface area contributed by atoms with E-state index in [0.717, 1.165) is 44.8 Å². The quantitative estimate of drug-likeness (QED) is 0.849. The zero-order valence-corrected chi connectivity index (χ0v) is 13.8. The monoisotopic (exact) mass is 310 g/mol. The molecule has 0 atom stereocenters. The van der Waals surface area contributed by atoms with Gasteiger partial charge in [0.2, 0.25) is 5.91 Å². The van der Waals surface area contributed by atoms with Gasteiger partial charge in [-0.2, -0.15) is 0 Å². The van der Waals surface area contributed by atoms with Crippen molar-refractivity contribution in [3.05, 3.63) is 0 Å². The second-order valence-electron chi connectivity index (χ2n) is 6.75. The Kier molecular flexibility index (Phi) is 7.00. The van der Waals surface area contributed by atoms with E-state index in [-0.39, 0.29) is 12.0 Å².